The summed E-state index contributed by atoms with van der Waals surface area (Å²) in [6.07, 6.45) is 2.81. The Balaban J connectivity index is 0.863. The molecule has 0 N–H and O–H groups in total. The molecule has 11 nitrogen and oxygen atoms in total. The lowest BCUT2D eigenvalue weighted by atomic mass is 10.1. The maximum atomic E-state index is 12.1. The highest BCUT2D eigenvalue weighted by Crippen LogP contribution is 2.24. The molecular weight excluding hydrogens is 544 g/mol. The summed E-state index contributed by atoms with van der Waals surface area (Å²) in [6, 6.07) is 19.0. The fourth-order valence-corrected chi connectivity index (χ4v) is 4.62. The van der Waals surface area contributed by atoms with Gasteiger partial charge in [0.05, 0.1) is 59.3 Å². The van der Waals surface area contributed by atoms with Crippen LogP contribution in [0.25, 0.3) is 0 Å². The predicted molar refractivity (Wildman–Crippen MR) is 156 cm³/mol. The van der Waals surface area contributed by atoms with Crippen molar-refractivity contribution in [3.63, 3.8) is 0 Å². The predicted octanol–water partition coefficient (Wildman–Crippen LogP) is 4.64. The number of para-hydroxylation sites is 2. The van der Waals surface area contributed by atoms with Crippen molar-refractivity contribution in [1.29, 1.82) is 0 Å². The summed E-state index contributed by atoms with van der Waals surface area (Å²) in [5.41, 5.74) is 1.70. The zero-order valence-electron chi connectivity index (χ0n) is 24.1. The molecule has 2 saturated heterocycles. The second-order valence-corrected chi connectivity index (χ2v) is 9.99. The monoisotopic (exact) mass is 586 g/mol. The lowest BCUT2D eigenvalue weighted by Crippen LogP contribution is -2.26. The van der Waals surface area contributed by atoms with E-state index in [1.807, 2.05) is 60.7 Å². The molecule has 0 bridgehead atoms. The summed E-state index contributed by atoms with van der Waals surface area (Å²) in [5.74, 6) is 0. The van der Waals surface area contributed by atoms with Crippen LogP contribution in [0.15, 0.2) is 60.7 Å². The first-order valence-electron chi connectivity index (χ1n) is 14.7. The van der Waals surface area contributed by atoms with Crippen molar-refractivity contribution in [3.05, 3.63) is 60.7 Å². The minimum absolute atomic E-state index is 0.0576. The third-order valence-electron chi connectivity index (χ3n) is 6.79. The second-order valence-electron chi connectivity index (χ2n) is 9.99. The van der Waals surface area contributed by atoms with Crippen molar-refractivity contribution >= 4 is 23.6 Å². The average Bonchev–Trinajstić information content (AvgIpc) is 3.58. The Hall–Kier alpha value is -3.22. The quantitative estimate of drug-likeness (QED) is 0.153. The van der Waals surface area contributed by atoms with E-state index >= 15 is 0 Å². The number of anilines is 2. The first-order valence-corrected chi connectivity index (χ1v) is 14.7. The number of unbranched alkanes of at least 4 members (excludes halogenated alkanes) is 2. The topological polar surface area (TPSA) is 105 Å². The van der Waals surface area contributed by atoms with Crippen LogP contribution in [0.4, 0.5) is 21.0 Å². The van der Waals surface area contributed by atoms with E-state index in [2.05, 4.69) is 0 Å². The smallest absolute Gasteiger partial charge is 0.414 e. The summed E-state index contributed by atoms with van der Waals surface area (Å²) < 4.78 is 38.4. The number of benzene rings is 2. The van der Waals surface area contributed by atoms with Crippen LogP contribution in [0.1, 0.15) is 25.7 Å². The van der Waals surface area contributed by atoms with Crippen molar-refractivity contribution in [2.75, 3.05) is 82.5 Å². The van der Waals surface area contributed by atoms with Crippen molar-refractivity contribution in [2.24, 2.45) is 0 Å². The third-order valence-corrected chi connectivity index (χ3v) is 6.79. The van der Waals surface area contributed by atoms with Gasteiger partial charge in [0.25, 0.3) is 0 Å². The van der Waals surface area contributed by atoms with E-state index in [0.29, 0.717) is 65.9 Å². The van der Waals surface area contributed by atoms with Crippen LogP contribution in [0.3, 0.4) is 0 Å². The number of carbonyl (C=O) groups is 2. The molecule has 0 aromatic heterocycles. The SMILES string of the molecule is O=C1OC(CCCCCOCOCCOCCOCCOCC2CN(c3ccccc3)C(=O)O2)CN1c1ccccc1. The molecule has 0 aliphatic carbocycles. The van der Waals surface area contributed by atoms with E-state index in [1.165, 1.54) is 0 Å². The molecule has 0 spiro atoms. The van der Waals surface area contributed by atoms with E-state index in [9.17, 15) is 9.59 Å². The van der Waals surface area contributed by atoms with Crippen LogP contribution < -0.4 is 9.80 Å². The number of carbonyl (C=O) groups excluding carboxylic acids is 2. The molecule has 11 heteroatoms. The molecule has 2 aromatic carbocycles. The van der Waals surface area contributed by atoms with Crippen LogP contribution in [-0.4, -0.2) is 97.1 Å². The fourth-order valence-electron chi connectivity index (χ4n) is 4.62. The number of nitrogens with zero attached hydrogens (tertiary/aromatic N) is 2. The van der Waals surface area contributed by atoms with Gasteiger partial charge in [0.1, 0.15) is 19.0 Å². The second kappa shape index (κ2) is 18.3. The Morgan fingerprint density at radius 1 is 0.571 bits per heavy atom. The molecule has 2 amide bonds. The highest BCUT2D eigenvalue weighted by Gasteiger charge is 2.33. The van der Waals surface area contributed by atoms with Gasteiger partial charge in [-0.2, -0.15) is 0 Å². The number of hydrogen-bond acceptors (Lipinski definition) is 9. The molecule has 0 saturated carbocycles. The highest BCUT2D eigenvalue weighted by atomic mass is 16.7. The van der Waals surface area contributed by atoms with Gasteiger partial charge in [0.2, 0.25) is 0 Å². The van der Waals surface area contributed by atoms with Gasteiger partial charge in [-0.3, -0.25) is 9.80 Å². The zero-order chi connectivity index (χ0) is 29.2. The number of amides is 2. The lowest BCUT2D eigenvalue weighted by Gasteiger charge is -2.12. The van der Waals surface area contributed by atoms with Crippen LogP contribution in [0.5, 0.6) is 0 Å². The summed E-state index contributed by atoms with van der Waals surface area (Å²) in [5, 5.41) is 0. The van der Waals surface area contributed by atoms with Crippen molar-refractivity contribution in [3.8, 4) is 0 Å². The normalized spacial score (nSPS) is 18.5. The van der Waals surface area contributed by atoms with Crippen molar-refractivity contribution in [1.82, 2.24) is 0 Å². The van der Waals surface area contributed by atoms with Crippen LogP contribution in [0.2, 0.25) is 0 Å². The largest absolute Gasteiger partial charge is 0.444 e. The minimum atomic E-state index is -0.351. The Kier molecular flexibility index (Phi) is 13.9. The Morgan fingerprint density at radius 3 is 1.69 bits per heavy atom. The standard InChI is InChI=1S/C31H42N2O9/c34-30-32(26-10-4-1-5-11-26)22-28(41-30)14-8-3-9-15-39-25-40-21-19-37-17-16-36-18-20-38-24-29-23-33(31(35)42-29)27-12-6-2-7-13-27/h1-2,4-7,10-13,28-29H,3,8-9,14-25H2. The van der Waals surface area contributed by atoms with Gasteiger partial charge in [-0.1, -0.05) is 42.8 Å². The number of hydrogen-bond donors (Lipinski definition) is 0. The first kappa shape index (κ1) is 31.7. The molecule has 2 unspecified atom stereocenters. The maximum absolute atomic E-state index is 12.1. The molecule has 230 valence electrons. The number of rotatable bonds is 21. The van der Waals surface area contributed by atoms with Crippen LogP contribution in [0, 0.1) is 0 Å². The van der Waals surface area contributed by atoms with Gasteiger partial charge < -0.3 is 33.2 Å². The van der Waals surface area contributed by atoms with Crippen molar-refractivity contribution in [2.45, 2.75) is 37.9 Å². The summed E-state index contributed by atoms with van der Waals surface area (Å²) >= 11 is 0. The molecule has 4 rings (SSSR count). The molecular formula is C31H42N2O9. The summed E-state index contributed by atoms with van der Waals surface area (Å²) in [6.45, 7) is 4.98. The summed E-state index contributed by atoms with van der Waals surface area (Å²) in [4.78, 5) is 27.4. The van der Waals surface area contributed by atoms with Gasteiger partial charge in [0, 0.05) is 18.0 Å². The van der Waals surface area contributed by atoms with E-state index < -0.39 is 0 Å². The van der Waals surface area contributed by atoms with Gasteiger partial charge in [-0.25, -0.2) is 9.59 Å². The molecule has 2 aromatic rings. The molecule has 2 heterocycles. The number of cyclic esters (lactones) is 2. The molecule has 2 aliphatic rings. The van der Waals surface area contributed by atoms with Gasteiger partial charge in [-0.15, -0.1) is 0 Å². The van der Waals surface area contributed by atoms with E-state index in [0.717, 1.165) is 37.1 Å². The van der Waals surface area contributed by atoms with E-state index in [4.69, 9.17) is 33.2 Å². The molecule has 2 aliphatic heterocycles. The Morgan fingerprint density at radius 2 is 1.07 bits per heavy atom. The molecule has 42 heavy (non-hydrogen) atoms. The minimum Gasteiger partial charge on any atom is -0.444 e. The van der Waals surface area contributed by atoms with Gasteiger partial charge in [-0.05, 0) is 43.5 Å². The molecule has 0 radical (unpaired) electrons. The lowest BCUT2D eigenvalue weighted by molar-refractivity contribution is -0.0739. The molecule has 2 atom stereocenters. The fraction of sp³-hybridized carbons (Fsp3) is 0.548. The van der Waals surface area contributed by atoms with Crippen LogP contribution >= 0.6 is 0 Å². The first-order chi connectivity index (χ1) is 20.7. The van der Waals surface area contributed by atoms with Gasteiger partial charge >= 0.3 is 12.2 Å². The number of ether oxygens (including phenoxy) is 7. The molecule has 2 fully saturated rings. The maximum Gasteiger partial charge on any atom is 0.414 e. The summed E-state index contributed by atoms with van der Waals surface area (Å²) in [7, 11) is 0. The van der Waals surface area contributed by atoms with E-state index in [-0.39, 0.29) is 31.2 Å². The van der Waals surface area contributed by atoms with Crippen molar-refractivity contribution < 1.29 is 42.7 Å². The van der Waals surface area contributed by atoms with Gasteiger partial charge in [0.15, 0.2) is 0 Å². The Bertz CT molecular complexity index is 960. The average molecular weight is 587 g/mol. The van der Waals surface area contributed by atoms with E-state index in [1.54, 1.807) is 9.80 Å². The zero-order valence-corrected chi connectivity index (χ0v) is 24.1. The Labute approximate surface area is 247 Å². The van der Waals surface area contributed by atoms with Crippen LogP contribution in [-0.2, 0) is 33.2 Å². The highest BCUT2D eigenvalue weighted by molar-refractivity contribution is 5.90. The third kappa shape index (κ3) is 10.9.